The van der Waals surface area contributed by atoms with E-state index in [1.54, 1.807) is 0 Å². The van der Waals surface area contributed by atoms with E-state index >= 15 is 0 Å². The Balaban J connectivity index is 2.90. The fourth-order valence-corrected chi connectivity index (χ4v) is 2.40. The van der Waals surface area contributed by atoms with Gasteiger partial charge in [0.25, 0.3) is 0 Å². The maximum Gasteiger partial charge on any atom is 0.119 e. The highest BCUT2D eigenvalue weighted by Gasteiger charge is 1.94. The third kappa shape index (κ3) is 17.6. The summed E-state index contributed by atoms with van der Waals surface area (Å²) in [6.45, 7) is 4.06. The molecule has 0 rings (SSSR count). The van der Waals surface area contributed by atoms with E-state index in [4.69, 9.17) is 4.74 Å². The molecule has 0 atom stereocenters. The second kappa shape index (κ2) is 18.6. The van der Waals surface area contributed by atoms with Crippen molar-refractivity contribution in [2.75, 3.05) is 13.2 Å². The fourth-order valence-electron chi connectivity index (χ4n) is 2.40. The Morgan fingerprint density at radius 3 is 1.60 bits per heavy atom. The summed E-state index contributed by atoms with van der Waals surface area (Å²) in [7, 11) is 0. The molecule has 0 radical (unpaired) electrons. The van der Waals surface area contributed by atoms with Crippen LogP contribution >= 0.6 is 0 Å². The molecule has 0 aromatic carbocycles. The van der Waals surface area contributed by atoms with Crippen molar-refractivity contribution >= 4 is 6.29 Å². The second-order valence-corrected chi connectivity index (χ2v) is 5.81. The molecule has 0 unspecified atom stereocenters. The SMILES string of the molecule is CCCCCCCCCCCCOCCCCCC=O. The first-order valence-corrected chi connectivity index (χ1v) is 8.93. The van der Waals surface area contributed by atoms with Gasteiger partial charge in [0.1, 0.15) is 6.29 Å². The van der Waals surface area contributed by atoms with Gasteiger partial charge in [-0.25, -0.2) is 0 Å². The molecule has 0 N–H and O–H groups in total. The number of hydrogen-bond acceptors (Lipinski definition) is 2. The van der Waals surface area contributed by atoms with Gasteiger partial charge in [-0.1, -0.05) is 71.1 Å². The van der Waals surface area contributed by atoms with Gasteiger partial charge in [0.05, 0.1) is 0 Å². The Labute approximate surface area is 126 Å². The first kappa shape index (κ1) is 19.6. The largest absolute Gasteiger partial charge is 0.381 e. The highest BCUT2D eigenvalue weighted by molar-refractivity contribution is 5.48. The average Bonchev–Trinajstić information content (AvgIpc) is 2.47. The molecule has 120 valence electrons. The minimum Gasteiger partial charge on any atom is -0.381 e. The normalized spacial score (nSPS) is 10.8. The summed E-state index contributed by atoms with van der Waals surface area (Å²) in [5.74, 6) is 0. The zero-order chi connectivity index (χ0) is 14.7. The highest BCUT2D eigenvalue weighted by atomic mass is 16.5. The van der Waals surface area contributed by atoms with Crippen LogP contribution in [0, 0.1) is 0 Å². The van der Waals surface area contributed by atoms with Crippen molar-refractivity contribution in [3.8, 4) is 0 Å². The molecule has 0 spiro atoms. The van der Waals surface area contributed by atoms with Gasteiger partial charge in [-0.3, -0.25) is 0 Å². The van der Waals surface area contributed by atoms with Crippen LogP contribution in [0.3, 0.4) is 0 Å². The van der Waals surface area contributed by atoms with Gasteiger partial charge < -0.3 is 9.53 Å². The molecule has 0 aromatic heterocycles. The monoisotopic (exact) mass is 284 g/mol. The Kier molecular flexibility index (Phi) is 18.3. The fraction of sp³-hybridized carbons (Fsp3) is 0.944. The number of ether oxygens (including phenoxy) is 1. The Morgan fingerprint density at radius 2 is 1.10 bits per heavy atom. The molecule has 20 heavy (non-hydrogen) atoms. The van der Waals surface area contributed by atoms with Gasteiger partial charge in [0.2, 0.25) is 0 Å². The van der Waals surface area contributed by atoms with Crippen LogP contribution < -0.4 is 0 Å². The topological polar surface area (TPSA) is 26.3 Å². The predicted molar refractivity (Wildman–Crippen MR) is 87.2 cm³/mol. The summed E-state index contributed by atoms with van der Waals surface area (Å²) in [5.41, 5.74) is 0. The molecule has 0 aliphatic rings. The molecular formula is C18H36O2. The van der Waals surface area contributed by atoms with Crippen LogP contribution in [0.25, 0.3) is 0 Å². The Morgan fingerprint density at radius 1 is 0.650 bits per heavy atom. The lowest BCUT2D eigenvalue weighted by Gasteiger charge is -2.04. The zero-order valence-corrected chi connectivity index (χ0v) is 13.7. The standard InChI is InChI=1S/C18H36O2/c1-2-3-4-5-6-7-8-9-11-14-17-20-18-15-12-10-13-16-19/h16H,2-15,17-18H2,1H3. The first-order chi connectivity index (χ1) is 9.91. The van der Waals surface area contributed by atoms with E-state index in [1.807, 2.05) is 0 Å². The van der Waals surface area contributed by atoms with Gasteiger partial charge in [-0.15, -0.1) is 0 Å². The van der Waals surface area contributed by atoms with Crippen LogP contribution in [0.2, 0.25) is 0 Å². The molecule has 0 fully saturated rings. The quantitative estimate of drug-likeness (QED) is 0.253. The maximum atomic E-state index is 10.1. The third-order valence-electron chi connectivity index (χ3n) is 3.75. The molecule has 0 bridgehead atoms. The van der Waals surface area contributed by atoms with Gasteiger partial charge in [0, 0.05) is 19.6 Å². The van der Waals surface area contributed by atoms with Gasteiger partial charge in [-0.05, 0) is 19.3 Å². The lowest BCUT2D eigenvalue weighted by Crippen LogP contribution is -1.97. The summed E-state index contributed by atoms with van der Waals surface area (Å²) in [5, 5.41) is 0. The highest BCUT2D eigenvalue weighted by Crippen LogP contribution is 2.10. The number of rotatable bonds is 17. The molecule has 0 aliphatic carbocycles. The summed E-state index contributed by atoms with van der Waals surface area (Å²) < 4.78 is 5.60. The van der Waals surface area contributed by atoms with E-state index in [-0.39, 0.29) is 0 Å². The number of aldehydes is 1. The van der Waals surface area contributed by atoms with Crippen molar-refractivity contribution in [3.05, 3.63) is 0 Å². The van der Waals surface area contributed by atoms with E-state index < -0.39 is 0 Å². The molecule has 2 heteroatoms. The van der Waals surface area contributed by atoms with Crippen LogP contribution in [-0.4, -0.2) is 19.5 Å². The van der Waals surface area contributed by atoms with Crippen LogP contribution in [-0.2, 0) is 9.53 Å². The van der Waals surface area contributed by atoms with Gasteiger partial charge in [-0.2, -0.15) is 0 Å². The van der Waals surface area contributed by atoms with Crippen LogP contribution in [0.1, 0.15) is 96.8 Å². The lowest BCUT2D eigenvalue weighted by atomic mass is 10.1. The van der Waals surface area contributed by atoms with Crippen molar-refractivity contribution in [1.82, 2.24) is 0 Å². The van der Waals surface area contributed by atoms with E-state index in [0.29, 0.717) is 6.42 Å². The Hall–Kier alpha value is -0.370. The maximum absolute atomic E-state index is 10.1. The molecular weight excluding hydrogens is 248 g/mol. The van der Waals surface area contributed by atoms with Gasteiger partial charge in [0.15, 0.2) is 0 Å². The van der Waals surface area contributed by atoms with Gasteiger partial charge >= 0.3 is 0 Å². The minimum absolute atomic E-state index is 0.707. The summed E-state index contributed by atoms with van der Waals surface area (Å²) in [6.07, 6.45) is 18.7. The minimum atomic E-state index is 0.707. The number of carbonyl (C=O) groups is 1. The zero-order valence-electron chi connectivity index (χ0n) is 13.7. The lowest BCUT2D eigenvalue weighted by molar-refractivity contribution is -0.107. The van der Waals surface area contributed by atoms with Crippen molar-refractivity contribution in [2.24, 2.45) is 0 Å². The molecule has 0 heterocycles. The first-order valence-electron chi connectivity index (χ1n) is 8.93. The van der Waals surface area contributed by atoms with Crippen LogP contribution in [0.4, 0.5) is 0 Å². The number of hydrogen-bond donors (Lipinski definition) is 0. The van der Waals surface area contributed by atoms with Crippen molar-refractivity contribution in [3.63, 3.8) is 0 Å². The van der Waals surface area contributed by atoms with Crippen molar-refractivity contribution in [1.29, 1.82) is 0 Å². The van der Waals surface area contributed by atoms with E-state index in [9.17, 15) is 4.79 Å². The molecule has 0 saturated heterocycles. The third-order valence-corrected chi connectivity index (χ3v) is 3.75. The summed E-state index contributed by atoms with van der Waals surface area (Å²) in [4.78, 5) is 10.1. The number of unbranched alkanes of at least 4 members (excludes halogenated alkanes) is 12. The average molecular weight is 284 g/mol. The molecule has 0 aromatic rings. The Bertz CT molecular complexity index is 180. The molecule has 0 amide bonds. The smallest absolute Gasteiger partial charge is 0.119 e. The van der Waals surface area contributed by atoms with Crippen molar-refractivity contribution < 1.29 is 9.53 Å². The second-order valence-electron chi connectivity index (χ2n) is 5.81. The molecule has 0 saturated carbocycles. The van der Waals surface area contributed by atoms with Crippen molar-refractivity contribution in [2.45, 2.75) is 96.8 Å². The van der Waals surface area contributed by atoms with Crippen LogP contribution in [0.5, 0.6) is 0 Å². The number of carbonyl (C=O) groups excluding carboxylic acids is 1. The van der Waals surface area contributed by atoms with E-state index in [0.717, 1.165) is 38.8 Å². The summed E-state index contributed by atoms with van der Waals surface area (Å²) in [6, 6.07) is 0. The molecule has 0 aliphatic heterocycles. The van der Waals surface area contributed by atoms with Crippen LogP contribution in [0.15, 0.2) is 0 Å². The van der Waals surface area contributed by atoms with E-state index in [2.05, 4.69) is 6.92 Å². The molecule has 2 nitrogen and oxygen atoms in total. The summed E-state index contributed by atoms with van der Waals surface area (Å²) >= 11 is 0. The predicted octanol–water partition coefficient (Wildman–Crippen LogP) is 5.68. The van der Waals surface area contributed by atoms with E-state index in [1.165, 1.54) is 64.2 Å².